The summed E-state index contributed by atoms with van der Waals surface area (Å²) >= 11 is 0. The third kappa shape index (κ3) is 34.9. The maximum Gasteiger partial charge on any atom is 0.330 e. The van der Waals surface area contributed by atoms with Gasteiger partial charge in [-0.1, -0.05) is 30.9 Å². The fourth-order valence-electron chi connectivity index (χ4n) is 1.54. The number of carbonyl (C=O) groups is 1. The SMILES string of the molecule is C=CCOOCCOCC(=C)C.C=CCOOCCOCCOCCOCCOC(=O)C=C. The van der Waals surface area contributed by atoms with Gasteiger partial charge in [0.2, 0.25) is 0 Å². The number of esters is 1. The maximum atomic E-state index is 10.7. The standard InChI is InChI=1S/C14H24O7.C9H16O3/c1-3-5-20-21-13-11-18-9-7-16-6-8-17-10-12-19-14(15)4-2;1-4-5-11-12-7-6-10-8-9(2)3/h3-4H,1-2,5-13H2;4H,1-2,5-8H2,3H3. The minimum atomic E-state index is -0.453. The summed E-state index contributed by atoms with van der Waals surface area (Å²) in [5, 5.41) is 0. The predicted molar refractivity (Wildman–Crippen MR) is 123 cm³/mol. The lowest BCUT2D eigenvalue weighted by Gasteiger charge is -2.07. The summed E-state index contributed by atoms with van der Waals surface area (Å²) in [7, 11) is 0. The van der Waals surface area contributed by atoms with E-state index in [0.29, 0.717) is 79.3 Å². The summed E-state index contributed by atoms with van der Waals surface area (Å²) in [6, 6.07) is 0. The lowest BCUT2D eigenvalue weighted by atomic mass is 10.4. The fraction of sp³-hybridized carbons (Fsp3) is 0.609. The average molecular weight is 477 g/mol. The van der Waals surface area contributed by atoms with Gasteiger partial charge in [-0.15, -0.1) is 13.2 Å². The van der Waals surface area contributed by atoms with Gasteiger partial charge in [0, 0.05) is 6.08 Å². The van der Waals surface area contributed by atoms with Crippen molar-refractivity contribution in [2.24, 2.45) is 0 Å². The van der Waals surface area contributed by atoms with E-state index in [2.05, 4.69) is 31.2 Å². The zero-order chi connectivity index (χ0) is 24.8. The average Bonchev–Trinajstić information content (AvgIpc) is 2.81. The van der Waals surface area contributed by atoms with Gasteiger partial charge < -0.3 is 23.7 Å². The van der Waals surface area contributed by atoms with Crippen molar-refractivity contribution in [2.45, 2.75) is 6.92 Å². The van der Waals surface area contributed by atoms with Gasteiger partial charge in [0.05, 0.1) is 52.9 Å². The third-order valence-corrected chi connectivity index (χ3v) is 2.89. The van der Waals surface area contributed by atoms with Crippen molar-refractivity contribution in [2.75, 3.05) is 85.9 Å². The van der Waals surface area contributed by atoms with E-state index in [-0.39, 0.29) is 6.61 Å². The van der Waals surface area contributed by atoms with Crippen LogP contribution in [0.5, 0.6) is 0 Å². The highest BCUT2D eigenvalue weighted by molar-refractivity contribution is 5.81. The van der Waals surface area contributed by atoms with Gasteiger partial charge in [0.1, 0.15) is 33.0 Å². The highest BCUT2D eigenvalue weighted by Gasteiger charge is 1.96. The number of hydrogen-bond donors (Lipinski definition) is 0. The molecule has 0 atom stereocenters. The van der Waals surface area contributed by atoms with Gasteiger partial charge in [0.25, 0.3) is 0 Å². The second kappa shape index (κ2) is 30.1. The molecule has 0 aliphatic heterocycles. The van der Waals surface area contributed by atoms with Crippen LogP contribution in [0.4, 0.5) is 0 Å². The molecular formula is C23H40O10. The van der Waals surface area contributed by atoms with E-state index in [1.54, 1.807) is 12.2 Å². The molecule has 0 amide bonds. The Bertz CT molecular complexity index is 482. The van der Waals surface area contributed by atoms with Crippen LogP contribution in [0, 0.1) is 0 Å². The maximum absolute atomic E-state index is 10.7. The Balaban J connectivity index is 0. The minimum absolute atomic E-state index is 0.210. The van der Waals surface area contributed by atoms with E-state index in [0.717, 1.165) is 11.6 Å². The smallest absolute Gasteiger partial charge is 0.330 e. The third-order valence-electron chi connectivity index (χ3n) is 2.89. The van der Waals surface area contributed by atoms with E-state index < -0.39 is 5.97 Å². The molecule has 0 aromatic heterocycles. The number of rotatable bonds is 24. The lowest BCUT2D eigenvalue weighted by molar-refractivity contribution is -0.291. The zero-order valence-corrected chi connectivity index (χ0v) is 19.8. The van der Waals surface area contributed by atoms with Gasteiger partial charge in [0.15, 0.2) is 0 Å². The van der Waals surface area contributed by atoms with E-state index in [9.17, 15) is 4.79 Å². The zero-order valence-electron chi connectivity index (χ0n) is 19.8. The van der Waals surface area contributed by atoms with Crippen molar-refractivity contribution in [3.8, 4) is 0 Å². The lowest BCUT2D eigenvalue weighted by Crippen LogP contribution is -2.14. The normalized spacial score (nSPS) is 10.1. The molecular weight excluding hydrogens is 436 g/mol. The second-order valence-electron chi connectivity index (χ2n) is 6.01. The van der Waals surface area contributed by atoms with E-state index in [1.165, 1.54) is 0 Å². The number of hydrogen-bond acceptors (Lipinski definition) is 10. The molecule has 0 rings (SSSR count). The first kappa shape index (κ1) is 33.3. The summed E-state index contributed by atoms with van der Waals surface area (Å²) in [4.78, 5) is 29.6. The monoisotopic (exact) mass is 476 g/mol. The van der Waals surface area contributed by atoms with Crippen LogP contribution in [-0.4, -0.2) is 91.9 Å². The van der Waals surface area contributed by atoms with Crippen molar-refractivity contribution >= 4 is 5.97 Å². The molecule has 0 aliphatic carbocycles. The quantitative estimate of drug-likeness (QED) is 0.0516. The van der Waals surface area contributed by atoms with Crippen LogP contribution in [0.15, 0.2) is 50.1 Å². The minimum Gasteiger partial charge on any atom is -0.460 e. The summed E-state index contributed by atoms with van der Waals surface area (Å²) in [6.07, 6.45) is 4.33. The van der Waals surface area contributed by atoms with Crippen LogP contribution in [0.1, 0.15) is 6.92 Å². The summed E-state index contributed by atoms with van der Waals surface area (Å²) < 4.78 is 25.6. The highest BCUT2D eigenvalue weighted by Crippen LogP contribution is 1.88. The van der Waals surface area contributed by atoms with E-state index in [4.69, 9.17) is 38.3 Å². The van der Waals surface area contributed by atoms with Crippen LogP contribution in [0.3, 0.4) is 0 Å². The van der Waals surface area contributed by atoms with Crippen LogP contribution in [0.2, 0.25) is 0 Å². The van der Waals surface area contributed by atoms with Crippen molar-refractivity contribution in [3.05, 3.63) is 50.1 Å². The first-order chi connectivity index (χ1) is 16.1. The molecule has 33 heavy (non-hydrogen) atoms. The second-order valence-corrected chi connectivity index (χ2v) is 6.01. The van der Waals surface area contributed by atoms with Gasteiger partial charge >= 0.3 is 5.97 Å². The Hall–Kier alpha value is -1.89. The van der Waals surface area contributed by atoms with Crippen molar-refractivity contribution in [1.82, 2.24) is 0 Å². The highest BCUT2D eigenvalue weighted by atomic mass is 17.2. The molecule has 0 saturated carbocycles. The Morgan fingerprint density at radius 1 is 0.636 bits per heavy atom. The molecule has 0 aliphatic rings. The topological polar surface area (TPSA) is 100 Å². The molecule has 0 fully saturated rings. The van der Waals surface area contributed by atoms with Gasteiger partial charge in [-0.25, -0.2) is 24.3 Å². The van der Waals surface area contributed by atoms with Crippen LogP contribution >= 0.6 is 0 Å². The molecule has 10 nitrogen and oxygen atoms in total. The van der Waals surface area contributed by atoms with Gasteiger partial charge in [-0.3, -0.25) is 0 Å². The molecule has 10 heteroatoms. The molecule has 0 radical (unpaired) electrons. The Morgan fingerprint density at radius 3 is 1.48 bits per heavy atom. The summed E-state index contributed by atoms with van der Waals surface area (Å²) in [5.74, 6) is -0.453. The summed E-state index contributed by atoms with van der Waals surface area (Å²) in [5.41, 5.74) is 1.00. The Labute approximate surface area is 197 Å². The molecule has 0 aromatic carbocycles. The molecule has 0 unspecified atom stereocenters. The molecule has 0 bridgehead atoms. The number of ether oxygens (including phenoxy) is 5. The summed E-state index contributed by atoms with van der Waals surface area (Å²) in [6.45, 7) is 21.3. The number of carbonyl (C=O) groups excluding carboxylic acids is 1. The van der Waals surface area contributed by atoms with Crippen LogP contribution in [-0.2, 0) is 48.0 Å². The Kier molecular flexibility index (Phi) is 30.4. The molecule has 0 aromatic rings. The van der Waals surface area contributed by atoms with Gasteiger partial charge in [-0.2, -0.15) is 0 Å². The molecule has 0 heterocycles. The first-order valence-electron chi connectivity index (χ1n) is 10.5. The van der Waals surface area contributed by atoms with Gasteiger partial charge in [-0.05, 0) is 6.92 Å². The van der Waals surface area contributed by atoms with Crippen molar-refractivity contribution in [3.63, 3.8) is 0 Å². The largest absolute Gasteiger partial charge is 0.460 e. The first-order valence-corrected chi connectivity index (χ1v) is 10.5. The predicted octanol–water partition coefficient (Wildman–Crippen LogP) is 2.61. The van der Waals surface area contributed by atoms with Crippen LogP contribution in [0.25, 0.3) is 0 Å². The van der Waals surface area contributed by atoms with E-state index in [1.807, 2.05) is 6.92 Å². The molecule has 0 N–H and O–H groups in total. The molecule has 192 valence electrons. The molecule has 0 spiro atoms. The van der Waals surface area contributed by atoms with Crippen molar-refractivity contribution < 1.29 is 48.0 Å². The fourth-order valence-corrected chi connectivity index (χ4v) is 1.54. The van der Waals surface area contributed by atoms with Crippen LogP contribution < -0.4 is 0 Å². The van der Waals surface area contributed by atoms with E-state index >= 15 is 0 Å². The van der Waals surface area contributed by atoms with Crippen molar-refractivity contribution in [1.29, 1.82) is 0 Å². The Morgan fingerprint density at radius 2 is 1.06 bits per heavy atom. The molecule has 0 saturated heterocycles.